The molecule has 0 radical (unpaired) electrons. The van der Waals surface area contributed by atoms with Gasteiger partial charge in [0, 0.05) is 25.7 Å². The summed E-state index contributed by atoms with van der Waals surface area (Å²) in [6.07, 6.45) is 2.08. The smallest absolute Gasteiger partial charge is 0.274 e. The van der Waals surface area contributed by atoms with Crippen LogP contribution in [0.15, 0.2) is 29.1 Å². The van der Waals surface area contributed by atoms with E-state index >= 15 is 0 Å². The first-order valence-corrected chi connectivity index (χ1v) is 8.46. The Morgan fingerprint density at radius 1 is 1.00 bits per heavy atom. The predicted molar refractivity (Wildman–Crippen MR) is 89.2 cm³/mol. The van der Waals surface area contributed by atoms with Gasteiger partial charge in [-0.3, -0.25) is 19.1 Å². The topological polar surface area (TPSA) is 91.3 Å². The third kappa shape index (κ3) is 2.95. The number of amides is 2. The fourth-order valence-corrected chi connectivity index (χ4v) is 3.37. The molecule has 2 aromatic rings. The van der Waals surface area contributed by atoms with Gasteiger partial charge in [-0.15, -0.1) is 0 Å². The highest BCUT2D eigenvalue weighted by atomic mass is 16.2. The van der Waals surface area contributed by atoms with Crippen LogP contribution >= 0.6 is 0 Å². The van der Waals surface area contributed by atoms with Crippen LogP contribution in [0.25, 0.3) is 0 Å². The first kappa shape index (κ1) is 15.6. The number of fused-ring (bicyclic) bond motifs is 1. The molecule has 0 spiro atoms. The van der Waals surface area contributed by atoms with Crippen LogP contribution in [-0.2, 0) is 13.1 Å². The molecule has 25 heavy (non-hydrogen) atoms. The molecule has 130 valence electrons. The molecule has 0 bridgehead atoms. The number of pyridine rings is 1. The summed E-state index contributed by atoms with van der Waals surface area (Å²) >= 11 is 0. The minimum absolute atomic E-state index is 0.0373. The van der Waals surface area contributed by atoms with E-state index in [2.05, 4.69) is 10.1 Å². The van der Waals surface area contributed by atoms with Crippen molar-refractivity contribution in [2.45, 2.75) is 25.9 Å². The van der Waals surface area contributed by atoms with Crippen molar-refractivity contribution in [2.75, 3.05) is 19.6 Å². The van der Waals surface area contributed by atoms with Crippen LogP contribution < -0.4 is 5.56 Å². The van der Waals surface area contributed by atoms with E-state index in [1.807, 2.05) is 4.90 Å². The number of nitrogens with zero attached hydrogens (tertiary/aromatic N) is 4. The number of likely N-dealkylation sites (tertiary alicyclic amines) is 1. The highest BCUT2D eigenvalue weighted by Crippen LogP contribution is 2.18. The number of rotatable bonds is 2. The monoisotopic (exact) mass is 341 g/mol. The molecule has 0 atom stereocenters. The van der Waals surface area contributed by atoms with Crippen molar-refractivity contribution in [3.8, 4) is 0 Å². The van der Waals surface area contributed by atoms with E-state index in [0.29, 0.717) is 25.3 Å². The van der Waals surface area contributed by atoms with E-state index in [4.69, 9.17) is 0 Å². The van der Waals surface area contributed by atoms with Crippen LogP contribution in [0.1, 0.15) is 39.5 Å². The molecule has 2 aliphatic rings. The SMILES string of the molecule is O=C(c1cc2n(n1)CCN(C(=O)c1cccc(=O)[nH]1)C2)N1CCCC1. The minimum Gasteiger partial charge on any atom is -0.337 e. The summed E-state index contributed by atoms with van der Waals surface area (Å²) in [6.45, 7) is 2.96. The molecule has 2 aliphatic heterocycles. The van der Waals surface area contributed by atoms with Gasteiger partial charge in [0.2, 0.25) is 5.56 Å². The molecule has 0 saturated carbocycles. The van der Waals surface area contributed by atoms with Gasteiger partial charge >= 0.3 is 0 Å². The summed E-state index contributed by atoms with van der Waals surface area (Å²) in [6, 6.07) is 6.30. The Hall–Kier alpha value is -2.90. The fourth-order valence-electron chi connectivity index (χ4n) is 3.37. The largest absolute Gasteiger partial charge is 0.337 e. The average molecular weight is 341 g/mol. The molecule has 4 heterocycles. The van der Waals surface area contributed by atoms with E-state index in [0.717, 1.165) is 31.6 Å². The molecule has 0 unspecified atom stereocenters. The Labute approximate surface area is 144 Å². The predicted octanol–water partition coefficient (Wildman–Crippen LogP) is 0.463. The van der Waals surface area contributed by atoms with Crippen LogP contribution in [0.5, 0.6) is 0 Å². The van der Waals surface area contributed by atoms with Crippen LogP contribution in [0.2, 0.25) is 0 Å². The summed E-state index contributed by atoms with van der Waals surface area (Å²) < 4.78 is 1.79. The van der Waals surface area contributed by atoms with Gasteiger partial charge in [0.1, 0.15) is 5.69 Å². The molecule has 1 fully saturated rings. The molecular weight excluding hydrogens is 322 g/mol. The van der Waals surface area contributed by atoms with E-state index in [1.54, 1.807) is 27.8 Å². The number of aromatic nitrogens is 3. The first-order chi connectivity index (χ1) is 12.1. The van der Waals surface area contributed by atoms with Gasteiger partial charge in [0.05, 0.1) is 18.8 Å². The third-order valence-electron chi connectivity index (χ3n) is 4.70. The van der Waals surface area contributed by atoms with Crippen molar-refractivity contribution in [3.05, 3.63) is 51.7 Å². The van der Waals surface area contributed by atoms with Crippen molar-refractivity contribution in [1.29, 1.82) is 0 Å². The zero-order chi connectivity index (χ0) is 17.4. The van der Waals surface area contributed by atoms with Gasteiger partial charge in [0.25, 0.3) is 11.8 Å². The molecule has 0 aromatic carbocycles. The second-order valence-corrected chi connectivity index (χ2v) is 6.40. The van der Waals surface area contributed by atoms with E-state index in [-0.39, 0.29) is 23.1 Å². The van der Waals surface area contributed by atoms with Gasteiger partial charge in [-0.2, -0.15) is 5.10 Å². The first-order valence-electron chi connectivity index (χ1n) is 8.46. The highest BCUT2D eigenvalue weighted by molar-refractivity contribution is 5.93. The number of carbonyl (C=O) groups excluding carboxylic acids is 2. The lowest BCUT2D eigenvalue weighted by molar-refractivity contribution is 0.0697. The van der Waals surface area contributed by atoms with Crippen molar-refractivity contribution in [1.82, 2.24) is 24.6 Å². The highest BCUT2D eigenvalue weighted by Gasteiger charge is 2.27. The minimum atomic E-state index is -0.300. The van der Waals surface area contributed by atoms with Gasteiger partial charge in [-0.25, -0.2) is 0 Å². The maximum absolute atomic E-state index is 12.6. The van der Waals surface area contributed by atoms with Crippen molar-refractivity contribution >= 4 is 11.8 Å². The zero-order valence-corrected chi connectivity index (χ0v) is 13.8. The Kier molecular flexibility index (Phi) is 3.87. The number of H-pyrrole nitrogens is 1. The molecule has 8 nitrogen and oxygen atoms in total. The summed E-state index contributed by atoms with van der Waals surface area (Å²) in [5.41, 5.74) is 1.25. The van der Waals surface area contributed by atoms with E-state index in [9.17, 15) is 14.4 Å². The normalized spacial score (nSPS) is 16.8. The Morgan fingerprint density at radius 2 is 1.80 bits per heavy atom. The lowest BCUT2D eigenvalue weighted by Crippen LogP contribution is -2.39. The second kappa shape index (κ2) is 6.19. The summed E-state index contributed by atoms with van der Waals surface area (Å²) in [5.74, 6) is -0.262. The molecule has 1 saturated heterocycles. The zero-order valence-electron chi connectivity index (χ0n) is 13.8. The molecule has 2 aromatic heterocycles. The lowest BCUT2D eigenvalue weighted by Gasteiger charge is -2.27. The van der Waals surface area contributed by atoms with Crippen molar-refractivity contribution < 1.29 is 9.59 Å². The van der Waals surface area contributed by atoms with Crippen LogP contribution in [0.4, 0.5) is 0 Å². The number of hydrogen-bond acceptors (Lipinski definition) is 4. The summed E-state index contributed by atoms with van der Waals surface area (Å²) in [5, 5.41) is 4.41. The van der Waals surface area contributed by atoms with Crippen molar-refractivity contribution in [3.63, 3.8) is 0 Å². The maximum Gasteiger partial charge on any atom is 0.274 e. The van der Waals surface area contributed by atoms with Crippen molar-refractivity contribution in [2.24, 2.45) is 0 Å². The number of nitrogens with one attached hydrogen (secondary N) is 1. The van der Waals surface area contributed by atoms with Crippen LogP contribution in [-0.4, -0.2) is 56.0 Å². The van der Waals surface area contributed by atoms with Crippen LogP contribution in [0.3, 0.4) is 0 Å². The van der Waals surface area contributed by atoms with Crippen LogP contribution in [0, 0.1) is 0 Å². The number of aromatic amines is 1. The standard InChI is InChI=1S/C17H19N5O3/c23-15-5-3-4-13(18-15)16(24)21-8-9-22-12(11-21)10-14(19-22)17(25)20-6-1-2-7-20/h3-5,10H,1-2,6-9,11H2,(H,18,23). The number of hydrogen-bond donors (Lipinski definition) is 1. The molecule has 0 aliphatic carbocycles. The second-order valence-electron chi connectivity index (χ2n) is 6.40. The maximum atomic E-state index is 12.6. The summed E-state index contributed by atoms with van der Waals surface area (Å²) in [4.78, 5) is 42.5. The van der Waals surface area contributed by atoms with Gasteiger partial charge < -0.3 is 14.8 Å². The Morgan fingerprint density at radius 3 is 2.56 bits per heavy atom. The lowest BCUT2D eigenvalue weighted by atomic mass is 10.2. The fraction of sp³-hybridized carbons (Fsp3) is 0.412. The molecular formula is C17H19N5O3. The average Bonchev–Trinajstić information content (AvgIpc) is 3.29. The third-order valence-corrected chi connectivity index (χ3v) is 4.70. The van der Waals surface area contributed by atoms with Gasteiger partial charge in [-0.05, 0) is 25.0 Å². The van der Waals surface area contributed by atoms with Gasteiger partial charge in [0.15, 0.2) is 5.69 Å². The molecule has 2 amide bonds. The molecule has 4 rings (SSSR count). The van der Waals surface area contributed by atoms with E-state index in [1.165, 1.54) is 6.07 Å². The Balaban J connectivity index is 1.52. The van der Waals surface area contributed by atoms with E-state index < -0.39 is 0 Å². The van der Waals surface area contributed by atoms with Gasteiger partial charge in [-0.1, -0.05) is 6.07 Å². The Bertz CT molecular complexity index is 878. The summed E-state index contributed by atoms with van der Waals surface area (Å²) in [7, 11) is 0. The molecule has 1 N–H and O–H groups in total. The number of carbonyl (C=O) groups is 2. The quantitative estimate of drug-likeness (QED) is 0.859. The molecule has 8 heteroatoms.